The van der Waals surface area contributed by atoms with Crippen molar-refractivity contribution in [3.05, 3.63) is 22.2 Å². The molecule has 0 aliphatic rings. The third-order valence-corrected chi connectivity index (χ3v) is 2.38. The predicted octanol–water partition coefficient (Wildman–Crippen LogP) is 3.67. The number of anilines is 1. The second-order valence-electron chi connectivity index (χ2n) is 2.67. The summed E-state index contributed by atoms with van der Waals surface area (Å²) < 4.78 is 40.0. The highest BCUT2D eigenvalue weighted by Gasteiger charge is 2.33. The van der Waals surface area contributed by atoms with Crippen molar-refractivity contribution >= 4 is 33.2 Å². The van der Waals surface area contributed by atoms with Gasteiger partial charge in [0.25, 0.3) is 0 Å². The lowest BCUT2D eigenvalue weighted by molar-refractivity contribution is -0.275. The van der Waals surface area contributed by atoms with E-state index in [0.717, 1.165) is 0 Å². The van der Waals surface area contributed by atoms with Crippen LogP contribution in [0.3, 0.4) is 0 Å². The molecule has 2 nitrogen and oxygen atoms in total. The maximum absolute atomic E-state index is 12.0. The summed E-state index contributed by atoms with van der Waals surface area (Å²) in [5, 5.41) is 0. The lowest BCUT2D eigenvalue weighted by atomic mass is 10.2. The van der Waals surface area contributed by atoms with Gasteiger partial charge in [-0.15, -0.1) is 24.8 Å². The largest absolute Gasteiger partial charge is 0.573 e. The van der Waals surface area contributed by atoms with Crippen LogP contribution in [-0.4, -0.2) is 6.36 Å². The molecule has 84 valence electrons. The average Bonchev–Trinajstić information content (AvgIpc) is 2.07. The van der Waals surface area contributed by atoms with E-state index in [-0.39, 0.29) is 21.7 Å². The summed E-state index contributed by atoms with van der Waals surface area (Å²) in [5.41, 5.74) is 5.94. The quantitative estimate of drug-likeness (QED) is 0.668. The van der Waals surface area contributed by atoms with Gasteiger partial charge in [0.15, 0.2) is 0 Å². The van der Waals surface area contributed by atoms with E-state index >= 15 is 0 Å². The van der Waals surface area contributed by atoms with E-state index in [2.05, 4.69) is 20.7 Å². The summed E-state index contributed by atoms with van der Waals surface area (Å²) in [6, 6.07) is 2.65. The lowest BCUT2D eigenvalue weighted by Gasteiger charge is -2.14. The Morgan fingerprint density at radius 2 is 2.00 bits per heavy atom. The molecule has 0 aliphatic carbocycles. The number of alkyl halides is 4. The zero-order chi connectivity index (χ0) is 11.6. The summed E-state index contributed by atoms with van der Waals surface area (Å²) in [4.78, 5) is 0. The number of benzene rings is 1. The Kier molecular flexibility index (Phi) is 3.72. The van der Waals surface area contributed by atoms with Gasteiger partial charge >= 0.3 is 6.36 Å². The minimum Gasteiger partial charge on any atom is -0.404 e. The van der Waals surface area contributed by atoms with Crippen LogP contribution in [0, 0.1) is 0 Å². The first-order valence-electron chi connectivity index (χ1n) is 3.73. The van der Waals surface area contributed by atoms with Gasteiger partial charge in [-0.2, -0.15) is 0 Å². The third kappa shape index (κ3) is 3.46. The molecule has 0 fully saturated rings. The standard InChI is InChI=1S/C8H6BrClF3NO/c9-6-2-5(14)1-4(3-10)7(6)15-8(11,12)13/h1-2H,3,14H2. The second kappa shape index (κ2) is 4.49. The molecule has 15 heavy (non-hydrogen) atoms. The average molecular weight is 304 g/mol. The van der Waals surface area contributed by atoms with Gasteiger partial charge in [-0.05, 0) is 28.1 Å². The molecule has 7 heteroatoms. The Morgan fingerprint density at radius 1 is 1.40 bits per heavy atom. The third-order valence-electron chi connectivity index (χ3n) is 1.50. The van der Waals surface area contributed by atoms with Crippen LogP contribution in [0.25, 0.3) is 0 Å². The van der Waals surface area contributed by atoms with E-state index < -0.39 is 6.36 Å². The smallest absolute Gasteiger partial charge is 0.404 e. The molecular formula is C8H6BrClF3NO. The van der Waals surface area contributed by atoms with Gasteiger partial charge < -0.3 is 10.5 Å². The van der Waals surface area contributed by atoms with Crippen molar-refractivity contribution in [1.29, 1.82) is 0 Å². The zero-order valence-electron chi connectivity index (χ0n) is 7.24. The first-order valence-corrected chi connectivity index (χ1v) is 5.06. The zero-order valence-corrected chi connectivity index (χ0v) is 9.58. The maximum Gasteiger partial charge on any atom is 0.573 e. The van der Waals surface area contributed by atoms with Crippen LogP contribution in [0.5, 0.6) is 5.75 Å². The summed E-state index contributed by atoms with van der Waals surface area (Å²) in [7, 11) is 0. The normalized spacial score (nSPS) is 11.5. The summed E-state index contributed by atoms with van der Waals surface area (Å²) in [6.45, 7) is 0. The van der Waals surface area contributed by atoms with Crippen LogP contribution in [0.15, 0.2) is 16.6 Å². The van der Waals surface area contributed by atoms with Gasteiger partial charge in [0, 0.05) is 11.3 Å². The van der Waals surface area contributed by atoms with Crippen LogP contribution in [0.1, 0.15) is 5.56 Å². The highest BCUT2D eigenvalue weighted by atomic mass is 79.9. The molecule has 0 spiro atoms. The van der Waals surface area contributed by atoms with Crippen LogP contribution < -0.4 is 10.5 Å². The van der Waals surface area contributed by atoms with Gasteiger partial charge in [0.2, 0.25) is 0 Å². The molecule has 0 unspecified atom stereocenters. The SMILES string of the molecule is Nc1cc(Br)c(OC(F)(F)F)c(CCl)c1. The summed E-state index contributed by atoms with van der Waals surface area (Å²) in [6.07, 6.45) is -4.75. The Labute approximate surface area is 97.3 Å². The molecule has 0 atom stereocenters. The minimum atomic E-state index is -4.75. The van der Waals surface area contributed by atoms with Gasteiger partial charge in [-0.3, -0.25) is 0 Å². The molecule has 0 radical (unpaired) electrons. The van der Waals surface area contributed by atoms with E-state index in [0.29, 0.717) is 5.69 Å². The first-order chi connectivity index (χ1) is 6.83. The molecule has 0 aliphatic heterocycles. The van der Waals surface area contributed by atoms with Crippen LogP contribution >= 0.6 is 27.5 Å². The highest BCUT2D eigenvalue weighted by Crippen LogP contribution is 2.36. The predicted molar refractivity (Wildman–Crippen MR) is 54.8 cm³/mol. The molecule has 1 rings (SSSR count). The van der Waals surface area contributed by atoms with Gasteiger partial charge in [0.05, 0.1) is 10.4 Å². The van der Waals surface area contributed by atoms with Crippen molar-refractivity contribution in [2.75, 3.05) is 5.73 Å². The van der Waals surface area contributed by atoms with Crippen molar-refractivity contribution in [3.8, 4) is 5.75 Å². The van der Waals surface area contributed by atoms with Crippen LogP contribution in [0.2, 0.25) is 0 Å². The minimum absolute atomic E-state index is 0.116. The maximum atomic E-state index is 12.0. The highest BCUT2D eigenvalue weighted by molar-refractivity contribution is 9.10. The van der Waals surface area contributed by atoms with E-state index in [9.17, 15) is 13.2 Å². The van der Waals surface area contributed by atoms with Crippen molar-refractivity contribution in [1.82, 2.24) is 0 Å². The van der Waals surface area contributed by atoms with Crippen molar-refractivity contribution in [3.63, 3.8) is 0 Å². The van der Waals surface area contributed by atoms with Crippen molar-refractivity contribution < 1.29 is 17.9 Å². The van der Waals surface area contributed by atoms with Crippen molar-refractivity contribution in [2.24, 2.45) is 0 Å². The molecule has 0 saturated heterocycles. The molecule has 0 amide bonds. The second-order valence-corrected chi connectivity index (χ2v) is 3.79. The van der Waals surface area contributed by atoms with E-state index in [1.54, 1.807) is 0 Å². The van der Waals surface area contributed by atoms with E-state index in [4.69, 9.17) is 17.3 Å². The fourth-order valence-corrected chi connectivity index (χ4v) is 1.80. The Morgan fingerprint density at radius 3 is 2.47 bits per heavy atom. The molecule has 0 aromatic heterocycles. The molecule has 0 bridgehead atoms. The van der Waals surface area contributed by atoms with Gasteiger partial charge in [-0.25, -0.2) is 0 Å². The molecule has 0 saturated carbocycles. The topological polar surface area (TPSA) is 35.2 Å². The van der Waals surface area contributed by atoms with Crippen LogP contribution in [0.4, 0.5) is 18.9 Å². The first kappa shape index (κ1) is 12.4. The van der Waals surface area contributed by atoms with E-state index in [1.807, 2.05) is 0 Å². The molecule has 2 N–H and O–H groups in total. The van der Waals surface area contributed by atoms with Gasteiger partial charge in [0.1, 0.15) is 5.75 Å². The summed E-state index contributed by atoms with van der Waals surface area (Å²) >= 11 is 8.41. The molecule has 1 aromatic carbocycles. The Bertz CT molecular complexity index is 370. The number of hydrogen-bond donors (Lipinski definition) is 1. The number of ether oxygens (including phenoxy) is 1. The Hall–Kier alpha value is -0.620. The van der Waals surface area contributed by atoms with E-state index in [1.165, 1.54) is 12.1 Å². The number of rotatable bonds is 2. The number of nitrogens with two attached hydrogens (primary N) is 1. The summed E-state index contributed by atoms with van der Waals surface area (Å²) in [5.74, 6) is -0.471. The fourth-order valence-electron chi connectivity index (χ4n) is 1.00. The Balaban J connectivity index is 3.15. The van der Waals surface area contributed by atoms with Crippen LogP contribution in [-0.2, 0) is 5.88 Å². The monoisotopic (exact) mass is 303 g/mol. The number of nitrogen functional groups attached to an aromatic ring is 1. The molecule has 1 aromatic rings. The van der Waals surface area contributed by atoms with Crippen molar-refractivity contribution in [2.45, 2.75) is 12.2 Å². The fraction of sp³-hybridized carbons (Fsp3) is 0.250. The molecular weight excluding hydrogens is 298 g/mol. The lowest BCUT2D eigenvalue weighted by Crippen LogP contribution is -2.18. The van der Waals surface area contributed by atoms with Gasteiger partial charge in [-0.1, -0.05) is 0 Å². The molecule has 0 heterocycles. The number of halogens is 5. The number of hydrogen-bond acceptors (Lipinski definition) is 2.